The minimum atomic E-state index is -6.01. The Kier molecular flexibility index (Phi) is 8.07. The molecule has 0 aromatic heterocycles. The monoisotopic (exact) mass is 546 g/mol. The van der Waals surface area contributed by atoms with E-state index < -0.39 is 35.1 Å². The molecule has 1 saturated heterocycles. The van der Waals surface area contributed by atoms with E-state index in [1.165, 1.54) is 11.9 Å². The average Bonchev–Trinajstić information content (AvgIpc) is 2.97. The van der Waals surface area contributed by atoms with E-state index in [1.807, 2.05) is 0 Å². The highest BCUT2D eigenvalue weighted by atomic mass is 19.4. The van der Waals surface area contributed by atoms with E-state index in [4.69, 9.17) is 4.74 Å². The number of rotatable bonds is 9. The van der Waals surface area contributed by atoms with Crippen LogP contribution >= 0.6 is 0 Å². The van der Waals surface area contributed by atoms with Crippen molar-refractivity contribution >= 4 is 11.9 Å². The van der Waals surface area contributed by atoms with Gasteiger partial charge < -0.3 is 14.7 Å². The minimum absolute atomic E-state index is 0.0221. The Balaban J connectivity index is 1.78. The van der Waals surface area contributed by atoms with Gasteiger partial charge in [0.2, 0.25) is 0 Å². The summed E-state index contributed by atoms with van der Waals surface area (Å²) in [6, 6.07) is 10.1. The molecule has 0 bridgehead atoms. The van der Waals surface area contributed by atoms with Crippen LogP contribution in [0.1, 0.15) is 43.4 Å². The topological polar surface area (TPSA) is 70.1 Å². The lowest BCUT2D eigenvalue weighted by molar-refractivity contribution is -0.376. The number of alkyl halides is 6. The Labute approximate surface area is 215 Å². The van der Waals surface area contributed by atoms with Gasteiger partial charge in [0.25, 0.3) is 11.5 Å². The SMILES string of the molecule is CN1C(=O)N(CCCCOc2ccc(C(O)(C(F)(F)F)C(F)(F)F)cc2Cc2ccccc2)C(=O)C1(C)C. The maximum absolute atomic E-state index is 13.4. The lowest BCUT2D eigenvalue weighted by atomic mass is 9.89. The molecule has 1 aliphatic rings. The van der Waals surface area contributed by atoms with E-state index in [-0.39, 0.29) is 36.8 Å². The number of halogens is 6. The molecule has 1 fully saturated rings. The van der Waals surface area contributed by atoms with Gasteiger partial charge in [0, 0.05) is 25.6 Å². The highest BCUT2D eigenvalue weighted by Crippen LogP contribution is 2.50. The molecule has 12 heteroatoms. The molecule has 0 saturated carbocycles. The fourth-order valence-corrected chi connectivity index (χ4v) is 4.12. The van der Waals surface area contributed by atoms with Crippen LogP contribution in [0.2, 0.25) is 0 Å². The number of urea groups is 1. The van der Waals surface area contributed by atoms with E-state index in [0.717, 1.165) is 11.0 Å². The minimum Gasteiger partial charge on any atom is -0.493 e. The first kappa shape index (κ1) is 29.3. The van der Waals surface area contributed by atoms with Gasteiger partial charge in [-0.3, -0.25) is 9.69 Å². The number of unbranched alkanes of at least 4 members (excludes halogenated alkanes) is 1. The Morgan fingerprint density at radius 1 is 0.921 bits per heavy atom. The second kappa shape index (κ2) is 10.5. The highest BCUT2D eigenvalue weighted by molar-refractivity contribution is 6.06. The predicted octanol–water partition coefficient (Wildman–Crippen LogP) is 5.42. The standard InChI is InChI=1S/C26H28F6N2O4/c1-23(2)21(35)34(22(36)33(23)3)13-7-8-14-38-20-12-11-19(24(37,25(27,28)29)26(30,31)32)16-18(20)15-17-9-5-4-6-10-17/h4-6,9-12,16,37H,7-8,13-15H2,1-3H3. The van der Waals surface area contributed by atoms with Crippen LogP contribution in [0.4, 0.5) is 31.1 Å². The molecule has 3 amide bonds. The molecule has 0 unspecified atom stereocenters. The second-order valence-electron chi connectivity index (χ2n) is 9.60. The van der Waals surface area contributed by atoms with E-state index in [1.54, 1.807) is 44.2 Å². The van der Waals surface area contributed by atoms with Crippen molar-refractivity contribution in [2.24, 2.45) is 0 Å². The number of likely N-dealkylation sites (N-methyl/N-ethyl adjacent to an activating group) is 1. The largest absolute Gasteiger partial charge is 0.493 e. The average molecular weight is 547 g/mol. The molecule has 1 heterocycles. The van der Waals surface area contributed by atoms with Crippen molar-refractivity contribution in [1.29, 1.82) is 0 Å². The van der Waals surface area contributed by atoms with Crippen LogP contribution in [-0.2, 0) is 16.8 Å². The van der Waals surface area contributed by atoms with Crippen LogP contribution in [0.25, 0.3) is 0 Å². The summed E-state index contributed by atoms with van der Waals surface area (Å²) in [6.07, 6.45) is -11.3. The fourth-order valence-electron chi connectivity index (χ4n) is 4.12. The third-order valence-corrected chi connectivity index (χ3v) is 6.69. The Hall–Kier alpha value is -3.28. The lowest BCUT2D eigenvalue weighted by Gasteiger charge is -2.33. The zero-order valence-corrected chi connectivity index (χ0v) is 21.0. The maximum Gasteiger partial charge on any atom is 0.430 e. The van der Waals surface area contributed by atoms with Crippen molar-refractivity contribution in [3.05, 3.63) is 65.2 Å². The summed E-state index contributed by atoms with van der Waals surface area (Å²) in [5.41, 5.74) is -6.76. The summed E-state index contributed by atoms with van der Waals surface area (Å²) in [5.74, 6) is -0.285. The molecule has 2 aromatic rings. The van der Waals surface area contributed by atoms with Crippen molar-refractivity contribution < 1.29 is 45.8 Å². The molecule has 208 valence electrons. The molecule has 0 aliphatic carbocycles. The molecule has 0 radical (unpaired) electrons. The lowest BCUT2D eigenvalue weighted by Crippen LogP contribution is -2.53. The van der Waals surface area contributed by atoms with Crippen LogP contribution in [0.3, 0.4) is 0 Å². The van der Waals surface area contributed by atoms with Crippen molar-refractivity contribution in [3.8, 4) is 5.75 Å². The normalized spacial score (nSPS) is 16.4. The Bertz CT molecular complexity index is 1150. The van der Waals surface area contributed by atoms with Crippen molar-refractivity contribution in [2.75, 3.05) is 20.2 Å². The number of hydrogen-bond donors (Lipinski definition) is 1. The quantitative estimate of drug-likeness (QED) is 0.259. The summed E-state index contributed by atoms with van der Waals surface area (Å²) in [6.45, 7) is 3.42. The maximum atomic E-state index is 13.4. The number of ether oxygens (including phenoxy) is 1. The molecular formula is C26H28F6N2O4. The van der Waals surface area contributed by atoms with Gasteiger partial charge in [-0.15, -0.1) is 0 Å². The first-order valence-electron chi connectivity index (χ1n) is 11.8. The van der Waals surface area contributed by atoms with Crippen LogP contribution in [0, 0.1) is 0 Å². The molecule has 0 atom stereocenters. The number of carbonyl (C=O) groups is 2. The second-order valence-corrected chi connectivity index (χ2v) is 9.60. The number of amides is 3. The highest BCUT2D eigenvalue weighted by Gasteiger charge is 2.71. The Morgan fingerprint density at radius 3 is 2.05 bits per heavy atom. The molecule has 0 spiro atoms. The van der Waals surface area contributed by atoms with E-state index in [0.29, 0.717) is 30.5 Å². The molecule has 3 rings (SSSR count). The number of nitrogens with zero attached hydrogens (tertiary/aromatic N) is 2. The molecular weight excluding hydrogens is 518 g/mol. The summed E-state index contributed by atoms with van der Waals surface area (Å²) < 4.78 is 86.3. The van der Waals surface area contributed by atoms with E-state index >= 15 is 0 Å². The molecule has 2 aromatic carbocycles. The van der Waals surface area contributed by atoms with Gasteiger partial charge in [-0.1, -0.05) is 36.4 Å². The number of benzene rings is 2. The summed E-state index contributed by atoms with van der Waals surface area (Å²) in [5, 5.41) is 9.83. The van der Waals surface area contributed by atoms with Gasteiger partial charge in [-0.05, 0) is 49.9 Å². The van der Waals surface area contributed by atoms with Crippen molar-refractivity contribution in [3.63, 3.8) is 0 Å². The molecule has 38 heavy (non-hydrogen) atoms. The number of imide groups is 1. The van der Waals surface area contributed by atoms with Crippen molar-refractivity contribution in [1.82, 2.24) is 9.80 Å². The molecule has 1 aliphatic heterocycles. The third-order valence-electron chi connectivity index (χ3n) is 6.69. The first-order chi connectivity index (χ1) is 17.5. The number of carbonyl (C=O) groups excluding carboxylic acids is 2. The first-order valence-corrected chi connectivity index (χ1v) is 11.8. The molecule has 1 N–H and O–H groups in total. The third kappa shape index (κ3) is 5.45. The van der Waals surface area contributed by atoms with Crippen LogP contribution in [-0.4, -0.2) is 64.9 Å². The predicted molar refractivity (Wildman–Crippen MR) is 125 cm³/mol. The van der Waals surface area contributed by atoms with Crippen LogP contribution in [0.5, 0.6) is 5.75 Å². The van der Waals surface area contributed by atoms with Gasteiger partial charge in [-0.2, -0.15) is 26.3 Å². The zero-order valence-electron chi connectivity index (χ0n) is 21.0. The van der Waals surface area contributed by atoms with Gasteiger partial charge >= 0.3 is 18.4 Å². The summed E-state index contributed by atoms with van der Waals surface area (Å²) >= 11 is 0. The number of hydrogen-bond acceptors (Lipinski definition) is 4. The smallest absolute Gasteiger partial charge is 0.430 e. The Morgan fingerprint density at radius 2 is 1.53 bits per heavy atom. The van der Waals surface area contributed by atoms with Gasteiger partial charge in [0.1, 0.15) is 11.3 Å². The van der Waals surface area contributed by atoms with Crippen molar-refractivity contribution in [2.45, 2.75) is 56.6 Å². The number of aliphatic hydroxyl groups is 1. The van der Waals surface area contributed by atoms with E-state index in [2.05, 4.69) is 0 Å². The summed E-state index contributed by atoms with van der Waals surface area (Å²) in [7, 11) is 1.53. The molecule has 6 nitrogen and oxygen atoms in total. The van der Waals surface area contributed by atoms with Crippen LogP contribution < -0.4 is 4.74 Å². The summed E-state index contributed by atoms with van der Waals surface area (Å²) in [4.78, 5) is 27.2. The zero-order chi connectivity index (χ0) is 28.5. The van der Waals surface area contributed by atoms with Crippen LogP contribution in [0.15, 0.2) is 48.5 Å². The van der Waals surface area contributed by atoms with Gasteiger partial charge in [0.15, 0.2) is 0 Å². The fraction of sp³-hybridized carbons (Fsp3) is 0.462. The van der Waals surface area contributed by atoms with Gasteiger partial charge in [-0.25, -0.2) is 4.79 Å². The van der Waals surface area contributed by atoms with E-state index in [9.17, 15) is 41.0 Å². The van der Waals surface area contributed by atoms with Gasteiger partial charge in [0.05, 0.1) is 6.61 Å².